The fourth-order valence-electron chi connectivity index (χ4n) is 2.92. The Morgan fingerprint density at radius 2 is 1.88 bits per heavy atom. The van der Waals surface area contributed by atoms with Gasteiger partial charge in [-0.25, -0.2) is 4.79 Å². The van der Waals surface area contributed by atoms with Crippen LogP contribution in [0.15, 0.2) is 42.5 Å². The Kier molecular flexibility index (Phi) is 4.97. The van der Waals surface area contributed by atoms with Gasteiger partial charge in [0.15, 0.2) is 0 Å². The Hall–Kier alpha value is -2.89. The van der Waals surface area contributed by atoms with Gasteiger partial charge in [0.1, 0.15) is 13.2 Å². The van der Waals surface area contributed by atoms with Crippen LogP contribution in [0.1, 0.15) is 18.4 Å². The van der Waals surface area contributed by atoms with Crippen LogP contribution < -0.4 is 0 Å². The van der Waals surface area contributed by atoms with Crippen molar-refractivity contribution in [1.82, 2.24) is 9.80 Å². The van der Waals surface area contributed by atoms with E-state index in [1.165, 1.54) is 9.80 Å². The number of urea groups is 1. The maximum Gasteiger partial charge on any atom is 0.326 e. The summed E-state index contributed by atoms with van der Waals surface area (Å²) >= 11 is 0. The second-order valence-electron chi connectivity index (χ2n) is 6.09. The Balaban J connectivity index is 1.48. The summed E-state index contributed by atoms with van der Waals surface area (Å²) in [4.78, 5) is 37.9. The fraction of sp³-hybridized carbons (Fsp3) is 0.316. The predicted octanol–water partition coefficient (Wildman–Crippen LogP) is 2.56. The summed E-state index contributed by atoms with van der Waals surface area (Å²) in [5.74, 6) is -0.558. The SMILES string of the molecule is CN1CC(=O)N(CCCC(=O)OCc2cccc3ccccc23)C1=O. The third-order valence-electron chi connectivity index (χ3n) is 4.26. The van der Waals surface area contributed by atoms with Crippen LogP contribution >= 0.6 is 0 Å². The molecular weight excluding hydrogens is 320 g/mol. The first kappa shape index (κ1) is 17.0. The second kappa shape index (κ2) is 7.34. The highest BCUT2D eigenvalue weighted by Gasteiger charge is 2.32. The van der Waals surface area contributed by atoms with Crippen LogP contribution in [0.4, 0.5) is 4.79 Å². The van der Waals surface area contributed by atoms with Crippen LogP contribution in [0, 0.1) is 0 Å². The van der Waals surface area contributed by atoms with Crippen LogP contribution in [0.5, 0.6) is 0 Å². The van der Waals surface area contributed by atoms with E-state index < -0.39 is 0 Å². The molecule has 0 unspecified atom stereocenters. The van der Waals surface area contributed by atoms with Crippen molar-refractivity contribution in [3.8, 4) is 0 Å². The molecule has 130 valence electrons. The number of amides is 3. The van der Waals surface area contributed by atoms with Gasteiger partial charge < -0.3 is 9.64 Å². The quantitative estimate of drug-likeness (QED) is 0.599. The second-order valence-corrected chi connectivity index (χ2v) is 6.09. The van der Waals surface area contributed by atoms with Crippen LogP contribution in [-0.2, 0) is 20.9 Å². The highest BCUT2D eigenvalue weighted by molar-refractivity contribution is 6.01. The summed E-state index contributed by atoms with van der Waals surface area (Å²) in [7, 11) is 1.58. The van der Waals surface area contributed by atoms with Crippen molar-refractivity contribution in [3.63, 3.8) is 0 Å². The zero-order valence-corrected chi connectivity index (χ0v) is 14.1. The molecule has 0 N–H and O–H groups in total. The molecule has 2 aromatic rings. The molecule has 1 saturated heterocycles. The zero-order valence-electron chi connectivity index (χ0n) is 14.1. The lowest BCUT2D eigenvalue weighted by Gasteiger charge is -2.13. The van der Waals surface area contributed by atoms with Crippen molar-refractivity contribution < 1.29 is 19.1 Å². The lowest BCUT2D eigenvalue weighted by atomic mass is 10.1. The number of carbonyl (C=O) groups excluding carboxylic acids is 3. The highest BCUT2D eigenvalue weighted by Crippen LogP contribution is 2.19. The number of rotatable bonds is 6. The van der Waals surface area contributed by atoms with Crippen molar-refractivity contribution in [1.29, 1.82) is 0 Å². The Morgan fingerprint density at radius 1 is 1.12 bits per heavy atom. The number of esters is 1. The molecule has 1 heterocycles. The van der Waals surface area contributed by atoms with Crippen molar-refractivity contribution in [2.45, 2.75) is 19.4 Å². The predicted molar refractivity (Wildman–Crippen MR) is 92.7 cm³/mol. The molecular formula is C19H20N2O4. The van der Waals surface area contributed by atoms with E-state index in [2.05, 4.69) is 0 Å². The summed E-state index contributed by atoms with van der Waals surface area (Å²) in [5.41, 5.74) is 0.956. The van der Waals surface area contributed by atoms with E-state index in [-0.39, 0.29) is 44.0 Å². The van der Waals surface area contributed by atoms with Crippen molar-refractivity contribution in [2.24, 2.45) is 0 Å². The molecule has 1 aliphatic rings. The molecule has 0 saturated carbocycles. The van der Waals surface area contributed by atoms with Gasteiger partial charge in [-0.15, -0.1) is 0 Å². The number of imide groups is 1. The number of benzene rings is 2. The number of fused-ring (bicyclic) bond motifs is 1. The highest BCUT2D eigenvalue weighted by atomic mass is 16.5. The number of carbonyl (C=O) groups is 3. The lowest BCUT2D eigenvalue weighted by molar-refractivity contribution is -0.145. The topological polar surface area (TPSA) is 66.9 Å². The number of hydrogen-bond acceptors (Lipinski definition) is 4. The monoisotopic (exact) mass is 340 g/mol. The first-order chi connectivity index (χ1) is 12.1. The number of nitrogens with zero attached hydrogens (tertiary/aromatic N) is 2. The van der Waals surface area contributed by atoms with Crippen molar-refractivity contribution in [2.75, 3.05) is 20.1 Å². The molecule has 0 aliphatic carbocycles. The summed E-state index contributed by atoms with van der Waals surface area (Å²) < 4.78 is 5.34. The molecule has 0 spiro atoms. The van der Waals surface area contributed by atoms with E-state index in [1.807, 2.05) is 42.5 Å². The van der Waals surface area contributed by atoms with Crippen LogP contribution in [0.25, 0.3) is 10.8 Å². The van der Waals surface area contributed by atoms with Gasteiger partial charge in [0.25, 0.3) is 0 Å². The largest absolute Gasteiger partial charge is 0.461 e. The maximum absolute atomic E-state index is 11.9. The van der Waals surface area contributed by atoms with Gasteiger partial charge in [-0.3, -0.25) is 14.5 Å². The molecule has 0 atom stereocenters. The molecule has 6 nitrogen and oxygen atoms in total. The van der Waals surface area contributed by atoms with Gasteiger partial charge in [-0.05, 0) is 22.8 Å². The van der Waals surface area contributed by atoms with Gasteiger partial charge in [0, 0.05) is 20.0 Å². The summed E-state index contributed by atoms with van der Waals surface area (Å²) in [6.07, 6.45) is 0.575. The first-order valence-corrected chi connectivity index (χ1v) is 8.24. The van der Waals surface area contributed by atoms with E-state index in [9.17, 15) is 14.4 Å². The Morgan fingerprint density at radius 3 is 2.64 bits per heavy atom. The van der Waals surface area contributed by atoms with E-state index in [4.69, 9.17) is 4.74 Å². The van der Waals surface area contributed by atoms with Crippen molar-refractivity contribution >= 4 is 28.7 Å². The zero-order chi connectivity index (χ0) is 17.8. The van der Waals surface area contributed by atoms with Crippen LogP contribution in [0.2, 0.25) is 0 Å². The average molecular weight is 340 g/mol. The molecule has 2 aromatic carbocycles. The molecule has 0 radical (unpaired) electrons. The third-order valence-corrected chi connectivity index (χ3v) is 4.26. The standard InChI is InChI=1S/C19H20N2O4/c1-20-12-17(22)21(19(20)24)11-5-10-18(23)25-13-15-8-4-7-14-6-2-3-9-16(14)15/h2-4,6-9H,5,10-13H2,1H3. The van der Waals surface area contributed by atoms with E-state index >= 15 is 0 Å². The van der Waals surface area contributed by atoms with Crippen LogP contribution in [-0.4, -0.2) is 47.8 Å². The van der Waals surface area contributed by atoms with E-state index in [0.717, 1.165) is 16.3 Å². The summed E-state index contributed by atoms with van der Waals surface area (Å²) in [6.45, 7) is 0.556. The molecule has 6 heteroatoms. The van der Waals surface area contributed by atoms with E-state index in [1.54, 1.807) is 7.05 Å². The van der Waals surface area contributed by atoms with Crippen molar-refractivity contribution in [3.05, 3.63) is 48.0 Å². The maximum atomic E-state index is 11.9. The molecule has 25 heavy (non-hydrogen) atoms. The Labute approximate surface area is 146 Å². The molecule has 1 fully saturated rings. The third kappa shape index (κ3) is 3.79. The first-order valence-electron chi connectivity index (χ1n) is 8.24. The number of likely N-dealkylation sites (N-methyl/N-ethyl adjacent to an activating group) is 1. The van der Waals surface area contributed by atoms with E-state index in [0.29, 0.717) is 6.42 Å². The minimum atomic E-state index is -0.333. The average Bonchev–Trinajstić information content (AvgIpc) is 2.86. The molecule has 0 bridgehead atoms. The number of hydrogen-bond donors (Lipinski definition) is 0. The lowest BCUT2D eigenvalue weighted by Crippen LogP contribution is -2.32. The van der Waals surface area contributed by atoms with Gasteiger partial charge in [-0.2, -0.15) is 0 Å². The smallest absolute Gasteiger partial charge is 0.326 e. The molecule has 3 amide bonds. The fourth-order valence-corrected chi connectivity index (χ4v) is 2.92. The Bertz CT molecular complexity index is 813. The summed E-state index contributed by atoms with van der Waals surface area (Å²) in [6, 6.07) is 13.5. The van der Waals surface area contributed by atoms with Crippen LogP contribution in [0.3, 0.4) is 0 Å². The summed E-state index contributed by atoms with van der Waals surface area (Å²) in [5, 5.41) is 2.17. The molecule has 3 rings (SSSR count). The minimum absolute atomic E-state index is 0.102. The van der Waals surface area contributed by atoms with Gasteiger partial charge >= 0.3 is 12.0 Å². The normalized spacial score (nSPS) is 14.4. The minimum Gasteiger partial charge on any atom is -0.461 e. The van der Waals surface area contributed by atoms with Gasteiger partial charge in [0.05, 0.1) is 0 Å². The van der Waals surface area contributed by atoms with Gasteiger partial charge in [-0.1, -0.05) is 42.5 Å². The molecule has 1 aliphatic heterocycles. The molecule has 0 aromatic heterocycles. The van der Waals surface area contributed by atoms with Gasteiger partial charge in [0.2, 0.25) is 5.91 Å². The number of ether oxygens (including phenoxy) is 1.